The van der Waals surface area contributed by atoms with Crippen molar-refractivity contribution in [2.75, 3.05) is 13.1 Å². The Kier molecular flexibility index (Phi) is 5.27. The van der Waals surface area contributed by atoms with Crippen molar-refractivity contribution >= 4 is 17.5 Å². The van der Waals surface area contributed by atoms with Gasteiger partial charge in [-0.1, -0.05) is 6.92 Å². The first-order valence-corrected chi connectivity index (χ1v) is 6.78. The summed E-state index contributed by atoms with van der Waals surface area (Å²) in [7, 11) is 0. The molecule has 19 heavy (non-hydrogen) atoms. The van der Waals surface area contributed by atoms with Crippen LogP contribution in [0.2, 0.25) is 0 Å². The van der Waals surface area contributed by atoms with Crippen LogP contribution in [0.5, 0.6) is 0 Å². The molecule has 0 saturated carbocycles. The summed E-state index contributed by atoms with van der Waals surface area (Å²) in [5, 5.41) is 2.75. The monoisotopic (exact) mass is 266 g/mol. The molecule has 0 unspecified atom stereocenters. The van der Waals surface area contributed by atoms with Gasteiger partial charge >= 0.3 is 0 Å². The predicted molar refractivity (Wildman–Crippen MR) is 72.5 cm³/mol. The smallest absolute Gasteiger partial charge is 0.250 e. The Bertz CT molecular complexity index is 424. The van der Waals surface area contributed by atoms with Gasteiger partial charge in [-0.05, 0) is 27.2 Å². The Morgan fingerprint density at radius 1 is 1.32 bits per heavy atom. The van der Waals surface area contributed by atoms with E-state index in [9.17, 15) is 14.4 Å². The van der Waals surface area contributed by atoms with Crippen LogP contribution in [0.25, 0.3) is 0 Å². The van der Waals surface area contributed by atoms with E-state index in [4.69, 9.17) is 0 Å². The fraction of sp³-hybridized carbons (Fsp3) is 0.643. The third-order valence-corrected chi connectivity index (χ3v) is 2.98. The number of ketones is 2. The molecule has 1 amide bonds. The molecule has 0 bridgehead atoms. The van der Waals surface area contributed by atoms with Crippen LogP contribution in [0.15, 0.2) is 11.3 Å². The highest BCUT2D eigenvalue weighted by atomic mass is 16.2. The van der Waals surface area contributed by atoms with E-state index in [2.05, 4.69) is 5.32 Å². The van der Waals surface area contributed by atoms with Gasteiger partial charge in [0.15, 0.2) is 0 Å². The first-order valence-electron chi connectivity index (χ1n) is 6.78. The van der Waals surface area contributed by atoms with Crippen LogP contribution in [0, 0.1) is 0 Å². The van der Waals surface area contributed by atoms with Gasteiger partial charge in [-0.3, -0.25) is 14.4 Å². The lowest BCUT2D eigenvalue weighted by molar-refractivity contribution is -0.133. The minimum Gasteiger partial charge on any atom is -0.368 e. The second kappa shape index (κ2) is 6.50. The standard InChI is InChI=1S/C14H22N2O3/c1-5-7-16(6-2)12-10(8-11(17)13(12)18)14(19)15-9(3)4/h9H,5-8H2,1-4H3,(H,15,19). The van der Waals surface area contributed by atoms with Gasteiger partial charge in [0.2, 0.25) is 17.5 Å². The van der Waals surface area contributed by atoms with Crippen molar-refractivity contribution in [2.45, 2.75) is 46.6 Å². The van der Waals surface area contributed by atoms with Crippen LogP contribution in [-0.4, -0.2) is 41.5 Å². The Morgan fingerprint density at radius 3 is 2.42 bits per heavy atom. The number of Topliss-reactive ketones (excluding diaryl/α,β-unsaturated/α-hetero) is 2. The molecule has 0 aliphatic heterocycles. The number of carbonyl (C=O) groups excluding carboxylic acids is 3. The molecule has 0 radical (unpaired) electrons. The van der Waals surface area contributed by atoms with E-state index in [1.54, 1.807) is 0 Å². The number of amides is 1. The highest BCUT2D eigenvalue weighted by Crippen LogP contribution is 2.24. The lowest BCUT2D eigenvalue weighted by atomic mass is 10.1. The predicted octanol–water partition coefficient (Wildman–Crippen LogP) is 1.04. The molecule has 0 aromatic heterocycles. The van der Waals surface area contributed by atoms with E-state index in [-0.39, 0.29) is 18.4 Å². The molecule has 1 aliphatic carbocycles. The van der Waals surface area contributed by atoms with E-state index in [0.717, 1.165) is 6.42 Å². The minimum absolute atomic E-state index is 0.0201. The largest absolute Gasteiger partial charge is 0.368 e. The maximum Gasteiger partial charge on any atom is 0.250 e. The summed E-state index contributed by atoms with van der Waals surface area (Å²) in [4.78, 5) is 37.5. The van der Waals surface area contributed by atoms with Crippen molar-refractivity contribution in [1.29, 1.82) is 0 Å². The van der Waals surface area contributed by atoms with Crippen LogP contribution in [0.3, 0.4) is 0 Å². The topological polar surface area (TPSA) is 66.5 Å². The van der Waals surface area contributed by atoms with Gasteiger partial charge < -0.3 is 10.2 Å². The first-order chi connectivity index (χ1) is 8.92. The molecule has 106 valence electrons. The number of nitrogens with one attached hydrogen (secondary N) is 1. The molecular formula is C14H22N2O3. The molecule has 1 N–H and O–H groups in total. The summed E-state index contributed by atoms with van der Waals surface area (Å²) in [5.41, 5.74) is 0.617. The number of allylic oxidation sites excluding steroid dienone is 1. The average molecular weight is 266 g/mol. The summed E-state index contributed by atoms with van der Waals surface area (Å²) in [5.74, 6) is -1.32. The van der Waals surface area contributed by atoms with E-state index < -0.39 is 11.6 Å². The van der Waals surface area contributed by atoms with Gasteiger partial charge in [-0.25, -0.2) is 0 Å². The van der Waals surface area contributed by atoms with Crippen LogP contribution >= 0.6 is 0 Å². The van der Waals surface area contributed by atoms with Crippen molar-refractivity contribution in [3.8, 4) is 0 Å². The number of rotatable bonds is 6. The zero-order chi connectivity index (χ0) is 14.6. The summed E-state index contributed by atoms with van der Waals surface area (Å²) < 4.78 is 0. The van der Waals surface area contributed by atoms with Crippen LogP contribution < -0.4 is 5.32 Å². The Labute approximate surface area is 114 Å². The van der Waals surface area contributed by atoms with Gasteiger partial charge in [0, 0.05) is 25.6 Å². The third-order valence-electron chi connectivity index (χ3n) is 2.98. The molecule has 0 aromatic rings. The third kappa shape index (κ3) is 3.43. The number of carbonyl (C=O) groups is 3. The van der Waals surface area contributed by atoms with Crippen molar-refractivity contribution in [3.05, 3.63) is 11.3 Å². The number of likely N-dealkylation sites (N-methyl/N-ethyl adjacent to an activating group) is 1. The summed E-state index contributed by atoms with van der Waals surface area (Å²) in [6, 6.07) is -0.0201. The number of nitrogens with zero attached hydrogens (tertiary/aromatic N) is 1. The maximum atomic E-state index is 12.1. The zero-order valence-electron chi connectivity index (χ0n) is 12.1. The summed E-state index contributed by atoms with van der Waals surface area (Å²) >= 11 is 0. The Balaban J connectivity index is 3.10. The van der Waals surface area contributed by atoms with E-state index in [0.29, 0.717) is 24.4 Å². The molecule has 0 spiro atoms. The van der Waals surface area contributed by atoms with Gasteiger partial charge in [0.25, 0.3) is 0 Å². The lowest BCUT2D eigenvalue weighted by Crippen LogP contribution is -2.34. The molecule has 0 atom stereocenters. The summed E-state index contributed by atoms with van der Waals surface area (Å²) in [6.07, 6.45) is 0.783. The SMILES string of the molecule is CCCN(CC)C1=C(C(=O)NC(C)C)CC(=O)C1=O. The number of hydrogen-bond donors (Lipinski definition) is 1. The lowest BCUT2D eigenvalue weighted by Gasteiger charge is -2.23. The second-order valence-electron chi connectivity index (χ2n) is 4.96. The molecule has 1 aliphatic rings. The van der Waals surface area contributed by atoms with Gasteiger partial charge in [0.05, 0.1) is 11.3 Å². The highest BCUT2D eigenvalue weighted by molar-refractivity contribution is 6.48. The van der Waals surface area contributed by atoms with E-state index in [1.807, 2.05) is 32.6 Å². The first kappa shape index (κ1) is 15.4. The van der Waals surface area contributed by atoms with Gasteiger partial charge in [0.1, 0.15) is 0 Å². The Morgan fingerprint density at radius 2 is 1.95 bits per heavy atom. The Hall–Kier alpha value is -1.65. The zero-order valence-corrected chi connectivity index (χ0v) is 12.1. The number of hydrogen-bond acceptors (Lipinski definition) is 4. The van der Waals surface area contributed by atoms with Crippen molar-refractivity contribution in [2.24, 2.45) is 0 Å². The summed E-state index contributed by atoms with van der Waals surface area (Å²) in [6.45, 7) is 8.89. The molecule has 1 rings (SSSR count). The molecule has 0 fully saturated rings. The van der Waals surface area contributed by atoms with Crippen LogP contribution in [-0.2, 0) is 14.4 Å². The van der Waals surface area contributed by atoms with E-state index in [1.165, 1.54) is 0 Å². The molecule has 0 heterocycles. The van der Waals surface area contributed by atoms with Crippen LogP contribution in [0.4, 0.5) is 0 Å². The molecule has 5 heteroatoms. The second-order valence-corrected chi connectivity index (χ2v) is 4.96. The quantitative estimate of drug-likeness (QED) is 0.729. The van der Waals surface area contributed by atoms with Gasteiger partial charge in [-0.2, -0.15) is 0 Å². The molecule has 0 aromatic carbocycles. The van der Waals surface area contributed by atoms with E-state index >= 15 is 0 Å². The molecule has 0 saturated heterocycles. The normalized spacial score (nSPS) is 15.4. The fourth-order valence-electron chi connectivity index (χ4n) is 2.16. The maximum absolute atomic E-state index is 12.1. The van der Waals surface area contributed by atoms with Crippen molar-refractivity contribution in [1.82, 2.24) is 10.2 Å². The molecule has 5 nitrogen and oxygen atoms in total. The average Bonchev–Trinajstić information content (AvgIpc) is 2.63. The van der Waals surface area contributed by atoms with Crippen molar-refractivity contribution in [3.63, 3.8) is 0 Å². The fourth-order valence-corrected chi connectivity index (χ4v) is 2.16. The van der Waals surface area contributed by atoms with Gasteiger partial charge in [-0.15, -0.1) is 0 Å². The van der Waals surface area contributed by atoms with Crippen molar-refractivity contribution < 1.29 is 14.4 Å². The highest BCUT2D eigenvalue weighted by Gasteiger charge is 2.37. The minimum atomic E-state index is -0.524. The molecular weight excluding hydrogens is 244 g/mol. The van der Waals surface area contributed by atoms with Crippen LogP contribution in [0.1, 0.15) is 40.5 Å².